The molecule has 5 nitrogen and oxygen atoms in total. The van der Waals surface area contributed by atoms with Crippen LogP contribution in [0.4, 0.5) is 4.79 Å². The van der Waals surface area contributed by atoms with Crippen molar-refractivity contribution in [2.45, 2.75) is 45.7 Å². The summed E-state index contributed by atoms with van der Waals surface area (Å²) in [6, 6.07) is 0.193. The van der Waals surface area contributed by atoms with E-state index in [1.807, 2.05) is 20.8 Å². The minimum Gasteiger partial charge on any atom is -0.334 e. The molecule has 1 aliphatic rings. The van der Waals surface area contributed by atoms with Crippen molar-refractivity contribution in [3.63, 3.8) is 0 Å². The minimum absolute atomic E-state index is 0.0683. The number of carbonyl (C=O) groups is 1. The minimum atomic E-state index is -0.184. The Bertz CT molecular complexity index is 275. The maximum absolute atomic E-state index is 11.7. The van der Waals surface area contributed by atoms with Crippen LogP contribution in [0.5, 0.6) is 0 Å². The van der Waals surface area contributed by atoms with Crippen molar-refractivity contribution in [1.82, 2.24) is 15.5 Å². The molecule has 5 heteroatoms. The molecule has 1 heterocycles. The lowest BCUT2D eigenvalue weighted by molar-refractivity contribution is 0.226. The number of hydrogen-bond acceptors (Lipinski definition) is 3. The van der Waals surface area contributed by atoms with Crippen LogP contribution in [-0.4, -0.2) is 48.7 Å². The van der Waals surface area contributed by atoms with Crippen LogP contribution < -0.4 is 16.4 Å². The fourth-order valence-corrected chi connectivity index (χ4v) is 2.19. The Morgan fingerprint density at radius 3 is 2.72 bits per heavy atom. The highest BCUT2D eigenvalue weighted by molar-refractivity contribution is 5.75. The molecule has 0 aromatic carbocycles. The van der Waals surface area contributed by atoms with Gasteiger partial charge in [0, 0.05) is 31.2 Å². The molecule has 2 atom stereocenters. The Labute approximate surface area is 110 Å². The lowest BCUT2D eigenvalue weighted by Gasteiger charge is -2.23. The average molecular weight is 256 g/mol. The van der Waals surface area contributed by atoms with Gasteiger partial charge in [-0.25, -0.2) is 4.79 Å². The molecule has 1 saturated heterocycles. The molecule has 1 aliphatic heterocycles. The smallest absolute Gasteiger partial charge is 0.315 e. The summed E-state index contributed by atoms with van der Waals surface area (Å²) >= 11 is 0. The zero-order valence-corrected chi connectivity index (χ0v) is 12.1. The van der Waals surface area contributed by atoms with Crippen LogP contribution in [0.25, 0.3) is 0 Å². The quantitative estimate of drug-likeness (QED) is 0.695. The summed E-state index contributed by atoms with van der Waals surface area (Å²) in [6.07, 6.45) is 1.02. The number of carbonyl (C=O) groups excluding carboxylic acids is 1. The SMILES string of the molecule is C[C@@H](CN)CN1CC[C@@H](NC(=O)NC(C)(C)C)C1. The summed E-state index contributed by atoms with van der Waals surface area (Å²) in [7, 11) is 0. The molecule has 1 rings (SSSR count). The Kier molecular flexibility index (Phi) is 5.41. The third-order valence-corrected chi connectivity index (χ3v) is 3.07. The molecule has 0 aromatic heterocycles. The van der Waals surface area contributed by atoms with Crippen LogP contribution in [0.3, 0.4) is 0 Å². The summed E-state index contributed by atoms with van der Waals surface area (Å²) in [5.41, 5.74) is 5.44. The van der Waals surface area contributed by atoms with Gasteiger partial charge in [0.25, 0.3) is 0 Å². The lowest BCUT2D eigenvalue weighted by atomic mass is 10.1. The number of likely N-dealkylation sites (tertiary alicyclic amines) is 1. The highest BCUT2D eigenvalue weighted by Crippen LogP contribution is 2.11. The van der Waals surface area contributed by atoms with Crippen molar-refractivity contribution in [2.75, 3.05) is 26.2 Å². The normalized spacial score (nSPS) is 22.8. The van der Waals surface area contributed by atoms with Gasteiger partial charge in [-0.15, -0.1) is 0 Å². The lowest BCUT2D eigenvalue weighted by Crippen LogP contribution is -2.50. The number of nitrogens with one attached hydrogen (secondary N) is 2. The summed E-state index contributed by atoms with van der Waals surface area (Å²) < 4.78 is 0. The van der Waals surface area contributed by atoms with E-state index in [0.29, 0.717) is 5.92 Å². The van der Waals surface area contributed by atoms with Crippen LogP contribution in [0.2, 0.25) is 0 Å². The molecule has 0 spiro atoms. The molecule has 0 aliphatic carbocycles. The van der Waals surface area contributed by atoms with Crippen LogP contribution in [0, 0.1) is 5.92 Å². The van der Waals surface area contributed by atoms with Gasteiger partial charge in [-0.3, -0.25) is 0 Å². The fraction of sp³-hybridized carbons (Fsp3) is 0.923. The van der Waals surface area contributed by atoms with Gasteiger partial charge in [-0.05, 0) is 39.7 Å². The second kappa shape index (κ2) is 6.38. The van der Waals surface area contributed by atoms with Gasteiger partial charge in [0.15, 0.2) is 0 Å². The molecular weight excluding hydrogens is 228 g/mol. The van der Waals surface area contributed by atoms with E-state index in [2.05, 4.69) is 22.5 Å². The molecule has 4 N–H and O–H groups in total. The van der Waals surface area contributed by atoms with E-state index in [9.17, 15) is 4.79 Å². The standard InChI is InChI=1S/C13H28N4O/c1-10(7-14)8-17-6-5-11(9-17)15-12(18)16-13(2,3)4/h10-11H,5-9,14H2,1-4H3,(H2,15,16,18)/t10-,11+/m0/s1. The number of rotatable bonds is 4. The maximum Gasteiger partial charge on any atom is 0.315 e. The number of urea groups is 1. The molecule has 18 heavy (non-hydrogen) atoms. The van der Waals surface area contributed by atoms with Crippen molar-refractivity contribution in [3.05, 3.63) is 0 Å². The monoisotopic (exact) mass is 256 g/mol. The Morgan fingerprint density at radius 1 is 1.50 bits per heavy atom. The van der Waals surface area contributed by atoms with E-state index in [1.165, 1.54) is 0 Å². The fourth-order valence-electron chi connectivity index (χ4n) is 2.19. The van der Waals surface area contributed by atoms with Gasteiger partial charge in [-0.2, -0.15) is 0 Å². The van der Waals surface area contributed by atoms with E-state index in [1.54, 1.807) is 0 Å². The highest BCUT2D eigenvalue weighted by Gasteiger charge is 2.25. The van der Waals surface area contributed by atoms with Gasteiger partial charge >= 0.3 is 6.03 Å². The first-order chi connectivity index (χ1) is 8.30. The van der Waals surface area contributed by atoms with E-state index in [-0.39, 0.29) is 17.6 Å². The molecule has 0 radical (unpaired) electrons. The topological polar surface area (TPSA) is 70.4 Å². The van der Waals surface area contributed by atoms with Crippen molar-refractivity contribution >= 4 is 6.03 Å². The van der Waals surface area contributed by atoms with Crippen LogP contribution >= 0.6 is 0 Å². The zero-order chi connectivity index (χ0) is 13.8. The predicted octanol–water partition coefficient (Wildman–Crippen LogP) is 0.753. The second-order valence-electron chi connectivity index (χ2n) is 6.43. The third-order valence-electron chi connectivity index (χ3n) is 3.07. The van der Waals surface area contributed by atoms with Gasteiger partial charge in [0.1, 0.15) is 0 Å². The summed E-state index contributed by atoms with van der Waals surface area (Å²) in [4.78, 5) is 14.1. The first-order valence-electron chi connectivity index (χ1n) is 6.81. The molecule has 0 bridgehead atoms. The van der Waals surface area contributed by atoms with E-state index in [4.69, 9.17) is 5.73 Å². The summed E-state index contributed by atoms with van der Waals surface area (Å²) in [5, 5.41) is 5.96. The maximum atomic E-state index is 11.7. The summed E-state index contributed by atoms with van der Waals surface area (Å²) in [5.74, 6) is 0.521. The van der Waals surface area contributed by atoms with E-state index in [0.717, 1.165) is 32.6 Å². The molecule has 0 unspecified atom stereocenters. The molecule has 2 amide bonds. The summed E-state index contributed by atoms with van der Waals surface area (Å²) in [6.45, 7) is 11.8. The van der Waals surface area contributed by atoms with Crippen LogP contribution in [0.15, 0.2) is 0 Å². The van der Waals surface area contributed by atoms with Crippen molar-refractivity contribution in [3.8, 4) is 0 Å². The molecule has 1 fully saturated rings. The molecular formula is C13H28N4O. The molecule has 106 valence electrons. The predicted molar refractivity (Wildman–Crippen MR) is 74.5 cm³/mol. The number of amides is 2. The van der Waals surface area contributed by atoms with Gasteiger partial charge in [0.2, 0.25) is 0 Å². The first kappa shape index (κ1) is 15.2. The first-order valence-corrected chi connectivity index (χ1v) is 6.81. The van der Waals surface area contributed by atoms with Gasteiger partial charge in [-0.1, -0.05) is 6.92 Å². The molecule has 0 saturated carbocycles. The molecule has 0 aromatic rings. The Hall–Kier alpha value is -0.810. The number of nitrogens with two attached hydrogens (primary N) is 1. The second-order valence-corrected chi connectivity index (χ2v) is 6.43. The van der Waals surface area contributed by atoms with Crippen LogP contribution in [0.1, 0.15) is 34.1 Å². The van der Waals surface area contributed by atoms with Crippen molar-refractivity contribution < 1.29 is 4.79 Å². The van der Waals surface area contributed by atoms with Gasteiger partial charge < -0.3 is 21.3 Å². The van der Waals surface area contributed by atoms with Crippen molar-refractivity contribution in [2.24, 2.45) is 11.7 Å². The highest BCUT2D eigenvalue weighted by atomic mass is 16.2. The van der Waals surface area contributed by atoms with E-state index < -0.39 is 0 Å². The number of nitrogens with zero attached hydrogens (tertiary/aromatic N) is 1. The number of hydrogen-bond donors (Lipinski definition) is 3. The zero-order valence-electron chi connectivity index (χ0n) is 12.1. The van der Waals surface area contributed by atoms with Gasteiger partial charge in [0.05, 0.1) is 0 Å². The average Bonchev–Trinajstić information content (AvgIpc) is 2.62. The largest absolute Gasteiger partial charge is 0.334 e. The van der Waals surface area contributed by atoms with Crippen molar-refractivity contribution in [1.29, 1.82) is 0 Å². The third kappa shape index (κ3) is 5.69. The van der Waals surface area contributed by atoms with Crippen LogP contribution in [-0.2, 0) is 0 Å². The Morgan fingerprint density at radius 2 is 2.17 bits per heavy atom. The Balaban J connectivity index is 2.28. The van der Waals surface area contributed by atoms with E-state index >= 15 is 0 Å².